The van der Waals surface area contributed by atoms with Gasteiger partial charge in [0.2, 0.25) is 0 Å². The molecule has 0 atom stereocenters. The van der Waals surface area contributed by atoms with Crippen LogP contribution < -0.4 is 5.32 Å². The van der Waals surface area contributed by atoms with Gasteiger partial charge in [-0.15, -0.1) is 6.54 Å². The molecule has 0 aliphatic heterocycles. The first-order valence-corrected chi connectivity index (χ1v) is 4.98. The van der Waals surface area contributed by atoms with E-state index in [1.165, 1.54) is 0 Å². The Labute approximate surface area is 86.4 Å². The zero-order valence-corrected chi connectivity index (χ0v) is 9.59. The molecule has 0 rings (SSSR count). The number of amides is 1. The van der Waals surface area contributed by atoms with Crippen LogP contribution in [0.4, 0.5) is 4.79 Å². The Morgan fingerprint density at radius 2 is 2.00 bits per heavy atom. The Morgan fingerprint density at radius 3 is 2.50 bits per heavy atom. The molecule has 0 fully saturated rings. The van der Waals surface area contributed by atoms with Crippen molar-refractivity contribution in [2.75, 3.05) is 20.1 Å². The van der Waals surface area contributed by atoms with Crippen LogP contribution in [0.3, 0.4) is 0 Å². The number of carbonyl (C=O) groups is 1. The summed E-state index contributed by atoms with van der Waals surface area (Å²) in [7, 11) is 1.79. The quantitative estimate of drug-likeness (QED) is 0.694. The predicted molar refractivity (Wildman–Crippen MR) is 57.6 cm³/mol. The van der Waals surface area contributed by atoms with E-state index >= 15 is 0 Å². The number of carbonyl (C=O) groups excluding carboxylic acids is 1. The molecule has 0 aromatic carbocycles. The van der Waals surface area contributed by atoms with Crippen molar-refractivity contribution in [3.8, 4) is 0 Å². The van der Waals surface area contributed by atoms with E-state index in [2.05, 4.69) is 10.6 Å². The SMILES string of the molecule is C[N-]CCCCNC(=O)OC(C)(C)C. The molecule has 4 heteroatoms. The van der Waals surface area contributed by atoms with Crippen molar-refractivity contribution in [2.45, 2.75) is 39.2 Å². The highest BCUT2D eigenvalue weighted by atomic mass is 16.6. The van der Waals surface area contributed by atoms with Gasteiger partial charge in [0, 0.05) is 6.54 Å². The standard InChI is InChI=1S/C10H21N2O2/c1-10(2,3)14-9(13)12-8-6-5-7-11-4/h5-8H2,1-4H3,(H,12,13)/q-1. The molecule has 0 radical (unpaired) electrons. The summed E-state index contributed by atoms with van der Waals surface area (Å²) in [6.45, 7) is 7.06. The lowest BCUT2D eigenvalue weighted by molar-refractivity contribution is 0.0527. The number of hydrogen-bond acceptors (Lipinski definition) is 2. The Balaban J connectivity index is 3.36. The topological polar surface area (TPSA) is 52.4 Å². The van der Waals surface area contributed by atoms with Crippen LogP contribution in [0, 0.1) is 0 Å². The van der Waals surface area contributed by atoms with Crippen LogP contribution in [-0.4, -0.2) is 31.8 Å². The lowest BCUT2D eigenvalue weighted by Gasteiger charge is -2.19. The molecule has 0 aliphatic rings. The van der Waals surface area contributed by atoms with E-state index in [9.17, 15) is 4.79 Å². The molecule has 0 bridgehead atoms. The summed E-state index contributed by atoms with van der Waals surface area (Å²) in [6, 6.07) is 0. The normalized spacial score (nSPS) is 11.1. The van der Waals surface area contributed by atoms with Crippen LogP contribution in [0.1, 0.15) is 33.6 Å². The number of alkyl carbamates (subject to hydrolysis) is 1. The Kier molecular flexibility index (Phi) is 6.28. The van der Waals surface area contributed by atoms with Crippen LogP contribution in [0.5, 0.6) is 0 Å². The number of nitrogens with zero attached hydrogens (tertiary/aromatic N) is 1. The summed E-state index contributed by atoms with van der Waals surface area (Å²) in [5, 5.41) is 6.66. The molecule has 0 aromatic rings. The molecular weight excluding hydrogens is 180 g/mol. The van der Waals surface area contributed by atoms with Gasteiger partial charge in [-0.3, -0.25) is 0 Å². The second-order valence-corrected chi connectivity index (χ2v) is 4.18. The molecule has 14 heavy (non-hydrogen) atoms. The highest BCUT2D eigenvalue weighted by Gasteiger charge is 2.14. The summed E-state index contributed by atoms with van der Waals surface area (Å²) >= 11 is 0. The van der Waals surface area contributed by atoms with Crippen molar-refractivity contribution in [3.05, 3.63) is 5.32 Å². The fraction of sp³-hybridized carbons (Fsp3) is 0.900. The largest absolute Gasteiger partial charge is 0.665 e. The smallest absolute Gasteiger partial charge is 0.407 e. The van der Waals surface area contributed by atoms with E-state index in [1.807, 2.05) is 20.8 Å². The third kappa shape index (κ3) is 9.32. The predicted octanol–water partition coefficient (Wildman–Crippen LogP) is 2.29. The minimum atomic E-state index is -0.414. The van der Waals surface area contributed by atoms with Gasteiger partial charge < -0.3 is 15.4 Å². The molecular formula is C10H21N2O2-. The lowest BCUT2D eigenvalue weighted by atomic mass is 10.2. The molecule has 0 aromatic heterocycles. The van der Waals surface area contributed by atoms with E-state index in [4.69, 9.17) is 4.74 Å². The molecule has 0 saturated heterocycles. The van der Waals surface area contributed by atoms with Crippen LogP contribution in [0.2, 0.25) is 0 Å². The molecule has 0 heterocycles. The Bertz CT molecular complexity index is 164. The average molecular weight is 201 g/mol. The number of hydrogen-bond donors (Lipinski definition) is 1. The van der Waals surface area contributed by atoms with Gasteiger partial charge in [0.1, 0.15) is 5.60 Å². The summed E-state index contributed by atoms with van der Waals surface area (Å²) < 4.78 is 5.07. The van der Waals surface area contributed by atoms with Crippen LogP contribution >= 0.6 is 0 Å². The van der Waals surface area contributed by atoms with Crippen molar-refractivity contribution in [1.82, 2.24) is 5.32 Å². The second-order valence-electron chi connectivity index (χ2n) is 4.18. The van der Waals surface area contributed by atoms with Crippen molar-refractivity contribution in [1.29, 1.82) is 0 Å². The number of rotatable bonds is 5. The van der Waals surface area contributed by atoms with Gasteiger partial charge in [0.15, 0.2) is 0 Å². The van der Waals surface area contributed by atoms with E-state index in [1.54, 1.807) is 7.05 Å². The van der Waals surface area contributed by atoms with E-state index < -0.39 is 5.60 Å². The third-order valence-corrected chi connectivity index (χ3v) is 1.48. The zero-order valence-electron chi connectivity index (χ0n) is 9.59. The summed E-state index contributed by atoms with van der Waals surface area (Å²) in [6.07, 6.45) is 1.61. The monoisotopic (exact) mass is 201 g/mol. The highest BCUT2D eigenvalue weighted by molar-refractivity contribution is 5.67. The van der Waals surface area contributed by atoms with Gasteiger partial charge in [-0.05, 0) is 27.2 Å². The van der Waals surface area contributed by atoms with Crippen molar-refractivity contribution in [3.63, 3.8) is 0 Å². The molecule has 84 valence electrons. The maximum atomic E-state index is 11.1. The minimum absolute atomic E-state index is 0.342. The van der Waals surface area contributed by atoms with Gasteiger partial charge >= 0.3 is 6.09 Å². The van der Waals surface area contributed by atoms with Gasteiger partial charge in [0.05, 0.1) is 0 Å². The van der Waals surface area contributed by atoms with Gasteiger partial charge in [-0.1, -0.05) is 6.42 Å². The molecule has 1 N–H and O–H groups in total. The minimum Gasteiger partial charge on any atom is -0.665 e. The first-order chi connectivity index (χ1) is 6.45. The van der Waals surface area contributed by atoms with E-state index in [0.717, 1.165) is 19.4 Å². The molecule has 0 saturated carbocycles. The fourth-order valence-electron chi connectivity index (χ4n) is 0.900. The second kappa shape index (κ2) is 6.65. The highest BCUT2D eigenvalue weighted by Crippen LogP contribution is 2.06. The summed E-state index contributed by atoms with van der Waals surface area (Å²) in [4.78, 5) is 11.1. The zero-order chi connectivity index (χ0) is 11.0. The van der Waals surface area contributed by atoms with Gasteiger partial charge in [-0.2, -0.15) is 7.05 Å². The van der Waals surface area contributed by atoms with Crippen molar-refractivity contribution in [2.24, 2.45) is 0 Å². The Hall–Kier alpha value is -0.770. The third-order valence-electron chi connectivity index (χ3n) is 1.48. The molecule has 1 amide bonds. The number of ether oxygens (including phenoxy) is 1. The maximum absolute atomic E-state index is 11.1. The summed E-state index contributed by atoms with van der Waals surface area (Å²) in [5.74, 6) is 0. The number of nitrogens with one attached hydrogen (secondary N) is 1. The molecule has 0 unspecified atom stereocenters. The lowest BCUT2D eigenvalue weighted by Crippen LogP contribution is -2.33. The number of unbranched alkanes of at least 4 members (excludes halogenated alkanes) is 1. The average Bonchev–Trinajstić information content (AvgIpc) is 2.00. The van der Waals surface area contributed by atoms with Crippen LogP contribution in [0.25, 0.3) is 5.32 Å². The van der Waals surface area contributed by atoms with E-state index in [0.29, 0.717) is 6.54 Å². The summed E-state index contributed by atoms with van der Waals surface area (Å²) in [5.41, 5.74) is -0.414. The molecule has 0 aliphatic carbocycles. The first kappa shape index (κ1) is 13.2. The Morgan fingerprint density at radius 1 is 1.36 bits per heavy atom. The fourth-order valence-corrected chi connectivity index (χ4v) is 0.900. The van der Waals surface area contributed by atoms with Crippen molar-refractivity contribution >= 4 is 6.09 Å². The van der Waals surface area contributed by atoms with Gasteiger partial charge in [0.25, 0.3) is 0 Å². The van der Waals surface area contributed by atoms with Crippen LogP contribution in [0.15, 0.2) is 0 Å². The molecule has 0 spiro atoms. The van der Waals surface area contributed by atoms with E-state index in [-0.39, 0.29) is 6.09 Å². The maximum Gasteiger partial charge on any atom is 0.407 e. The van der Waals surface area contributed by atoms with Crippen LogP contribution in [-0.2, 0) is 4.74 Å². The molecule has 4 nitrogen and oxygen atoms in total. The van der Waals surface area contributed by atoms with Crippen molar-refractivity contribution < 1.29 is 9.53 Å². The van der Waals surface area contributed by atoms with Gasteiger partial charge in [-0.25, -0.2) is 4.79 Å². The first-order valence-electron chi connectivity index (χ1n) is 4.98.